The second kappa shape index (κ2) is 6.64. The molecular weight excluding hydrogens is 274 g/mol. The average Bonchev–Trinajstić information content (AvgIpc) is 2.48. The zero-order valence-electron chi connectivity index (χ0n) is 11.6. The van der Waals surface area contributed by atoms with Crippen LogP contribution in [0.15, 0.2) is 42.5 Å². The molecule has 0 radical (unpaired) electrons. The van der Waals surface area contributed by atoms with Crippen LogP contribution in [0.1, 0.15) is 11.1 Å². The molecule has 0 unspecified atom stereocenters. The fourth-order valence-corrected chi connectivity index (χ4v) is 2.28. The first-order valence-corrected chi connectivity index (χ1v) is 6.75. The molecule has 0 saturated carbocycles. The Bertz CT molecular complexity index is 569. The van der Waals surface area contributed by atoms with Gasteiger partial charge in [0.15, 0.2) is 0 Å². The molecule has 3 nitrogen and oxygen atoms in total. The highest BCUT2D eigenvalue weighted by molar-refractivity contribution is 6.30. The minimum atomic E-state index is -0.000541. The molecule has 0 aliphatic rings. The molecule has 20 heavy (non-hydrogen) atoms. The Morgan fingerprint density at radius 3 is 2.45 bits per heavy atom. The predicted octanol–water partition coefficient (Wildman–Crippen LogP) is 3.48. The normalized spacial score (nSPS) is 10.4. The molecule has 0 bridgehead atoms. The topological polar surface area (TPSA) is 32.7 Å². The lowest BCUT2D eigenvalue weighted by Crippen LogP contribution is -2.18. The van der Waals surface area contributed by atoms with Crippen molar-refractivity contribution < 1.29 is 9.84 Å². The molecule has 0 aliphatic heterocycles. The minimum absolute atomic E-state index is 0.000541. The third kappa shape index (κ3) is 3.44. The van der Waals surface area contributed by atoms with Crippen molar-refractivity contribution in [2.75, 3.05) is 19.1 Å². The summed E-state index contributed by atoms with van der Waals surface area (Å²) in [7, 11) is 3.63. The third-order valence-electron chi connectivity index (χ3n) is 3.21. The molecule has 2 rings (SSSR count). The lowest BCUT2D eigenvalue weighted by atomic mass is 10.1. The van der Waals surface area contributed by atoms with Crippen LogP contribution in [0.4, 0.5) is 5.69 Å². The zero-order valence-corrected chi connectivity index (χ0v) is 12.4. The fraction of sp³-hybridized carbons (Fsp3) is 0.250. The number of hydrogen-bond donors (Lipinski definition) is 1. The maximum atomic E-state index is 9.41. The van der Waals surface area contributed by atoms with Crippen LogP contribution in [0.3, 0.4) is 0 Å². The molecule has 2 aromatic carbocycles. The van der Waals surface area contributed by atoms with Crippen molar-refractivity contribution in [2.45, 2.75) is 13.2 Å². The van der Waals surface area contributed by atoms with Gasteiger partial charge in [-0.15, -0.1) is 0 Å². The number of ether oxygens (including phenoxy) is 1. The van der Waals surface area contributed by atoms with Crippen molar-refractivity contribution in [3.05, 3.63) is 58.6 Å². The molecule has 0 atom stereocenters. The average molecular weight is 292 g/mol. The summed E-state index contributed by atoms with van der Waals surface area (Å²) in [5, 5.41) is 10.1. The minimum Gasteiger partial charge on any atom is -0.497 e. The van der Waals surface area contributed by atoms with Gasteiger partial charge in [0.2, 0.25) is 0 Å². The van der Waals surface area contributed by atoms with E-state index in [4.69, 9.17) is 16.3 Å². The number of aliphatic hydroxyl groups is 1. The first-order chi connectivity index (χ1) is 9.63. The highest BCUT2D eigenvalue weighted by Gasteiger charge is 2.08. The molecule has 0 spiro atoms. The molecule has 0 heterocycles. The van der Waals surface area contributed by atoms with Gasteiger partial charge in [0.1, 0.15) is 5.75 Å². The monoisotopic (exact) mass is 291 g/mol. The van der Waals surface area contributed by atoms with Gasteiger partial charge in [0.05, 0.1) is 13.7 Å². The number of methoxy groups -OCH3 is 1. The predicted molar refractivity (Wildman–Crippen MR) is 82.5 cm³/mol. The first-order valence-electron chi connectivity index (χ1n) is 6.37. The fourth-order valence-electron chi connectivity index (χ4n) is 2.12. The molecule has 0 saturated heterocycles. The van der Waals surface area contributed by atoms with E-state index < -0.39 is 0 Å². The number of halogens is 1. The number of nitrogens with zero attached hydrogens (tertiary/aromatic N) is 1. The van der Waals surface area contributed by atoms with Crippen LogP contribution < -0.4 is 9.64 Å². The molecule has 0 aromatic heterocycles. The maximum absolute atomic E-state index is 9.41. The van der Waals surface area contributed by atoms with Crippen LogP contribution in [0.25, 0.3) is 0 Å². The molecule has 0 amide bonds. The van der Waals surface area contributed by atoms with Crippen molar-refractivity contribution in [3.63, 3.8) is 0 Å². The van der Waals surface area contributed by atoms with E-state index in [1.165, 1.54) is 0 Å². The highest BCUT2D eigenvalue weighted by atomic mass is 35.5. The SMILES string of the molecule is COc1ccc(CN(C)c2cc(Cl)ccc2CO)cc1. The van der Waals surface area contributed by atoms with Crippen molar-refractivity contribution >= 4 is 17.3 Å². The van der Waals surface area contributed by atoms with Crippen LogP contribution in [0.2, 0.25) is 5.02 Å². The lowest BCUT2D eigenvalue weighted by Gasteiger charge is -2.22. The number of hydrogen-bond acceptors (Lipinski definition) is 3. The molecule has 0 aliphatic carbocycles. The summed E-state index contributed by atoms with van der Waals surface area (Å²) < 4.78 is 5.15. The van der Waals surface area contributed by atoms with Crippen molar-refractivity contribution in [1.29, 1.82) is 0 Å². The van der Waals surface area contributed by atoms with E-state index in [-0.39, 0.29) is 6.61 Å². The van der Waals surface area contributed by atoms with Gasteiger partial charge < -0.3 is 14.7 Å². The second-order valence-corrected chi connectivity index (χ2v) is 5.07. The van der Waals surface area contributed by atoms with Gasteiger partial charge in [-0.3, -0.25) is 0 Å². The Balaban J connectivity index is 2.18. The van der Waals surface area contributed by atoms with E-state index in [1.54, 1.807) is 13.2 Å². The number of aliphatic hydroxyl groups excluding tert-OH is 1. The van der Waals surface area contributed by atoms with Crippen molar-refractivity contribution in [2.24, 2.45) is 0 Å². The summed E-state index contributed by atoms with van der Waals surface area (Å²) in [6.45, 7) is 0.733. The van der Waals surface area contributed by atoms with E-state index in [9.17, 15) is 5.11 Å². The second-order valence-electron chi connectivity index (χ2n) is 4.64. The summed E-state index contributed by atoms with van der Waals surface area (Å²) in [6.07, 6.45) is 0. The Morgan fingerprint density at radius 2 is 1.85 bits per heavy atom. The third-order valence-corrected chi connectivity index (χ3v) is 3.44. The Hall–Kier alpha value is -1.71. The Kier molecular flexibility index (Phi) is 4.88. The number of rotatable bonds is 5. The first kappa shape index (κ1) is 14.7. The quantitative estimate of drug-likeness (QED) is 0.915. The summed E-state index contributed by atoms with van der Waals surface area (Å²) in [5.41, 5.74) is 2.97. The van der Waals surface area contributed by atoms with Gasteiger partial charge in [-0.25, -0.2) is 0 Å². The van der Waals surface area contributed by atoms with E-state index in [0.717, 1.165) is 29.1 Å². The zero-order chi connectivity index (χ0) is 14.5. The molecule has 1 N–H and O–H groups in total. The summed E-state index contributed by atoms with van der Waals surface area (Å²) in [6, 6.07) is 13.4. The van der Waals surface area contributed by atoms with E-state index in [1.807, 2.05) is 43.4 Å². The van der Waals surface area contributed by atoms with Gasteiger partial charge >= 0.3 is 0 Å². The summed E-state index contributed by atoms with van der Waals surface area (Å²) in [4.78, 5) is 2.07. The van der Waals surface area contributed by atoms with Crippen molar-refractivity contribution in [3.8, 4) is 5.75 Å². The van der Waals surface area contributed by atoms with Crippen LogP contribution in [-0.2, 0) is 13.2 Å². The van der Waals surface area contributed by atoms with Gasteiger partial charge in [-0.2, -0.15) is 0 Å². The molecule has 0 fully saturated rings. The van der Waals surface area contributed by atoms with E-state index in [2.05, 4.69) is 4.90 Å². The van der Waals surface area contributed by atoms with Crippen LogP contribution in [0, 0.1) is 0 Å². The van der Waals surface area contributed by atoms with Gasteiger partial charge in [-0.1, -0.05) is 29.8 Å². The van der Waals surface area contributed by atoms with Crippen LogP contribution in [-0.4, -0.2) is 19.3 Å². The number of anilines is 1. The van der Waals surface area contributed by atoms with E-state index in [0.29, 0.717) is 5.02 Å². The van der Waals surface area contributed by atoms with Crippen LogP contribution in [0.5, 0.6) is 5.75 Å². The van der Waals surface area contributed by atoms with Crippen molar-refractivity contribution in [1.82, 2.24) is 0 Å². The summed E-state index contributed by atoms with van der Waals surface area (Å²) >= 11 is 6.04. The Labute approximate surface area is 124 Å². The highest BCUT2D eigenvalue weighted by Crippen LogP contribution is 2.25. The summed E-state index contributed by atoms with van der Waals surface area (Å²) in [5.74, 6) is 0.843. The van der Waals surface area contributed by atoms with Crippen LogP contribution >= 0.6 is 11.6 Å². The van der Waals surface area contributed by atoms with Gasteiger partial charge in [0, 0.05) is 29.9 Å². The van der Waals surface area contributed by atoms with Gasteiger partial charge in [-0.05, 0) is 29.8 Å². The smallest absolute Gasteiger partial charge is 0.118 e. The molecule has 4 heteroatoms. The van der Waals surface area contributed by atoms with E-state index >= 15 is 0 Å². The molecule has 2 aromatic rings. The van der Waals surface area contributed by atoms with Gasteiger partial charge in [0.25, 0.3) is 0 Å². The largest absolute Gasteiger partial charge is 0.497 e. The lowest BCUT2D eigenvalue weighted by molar-refractivity contribution is 0.282. The maximum Gasteiger partial charge on any atom is 0.118 e. The molecular formula is C16H18ClNO2. The molecule has 106 valence electrons. The number of benzene rings is 2. The standard InChI is InChI=1S/C16H18ClNO2/c1-18(10-12-3-7-15(20-2)8-4-12)16-9-14(17)6-5-13(16)11-19/h3-9,19H,10-11H2,1-2H3. The Morgan fingerprint density at radius 1 is 1.15 bits per heavy atom.